The van der Waals surface area contributed by atoms with Gasteiger partial charge in [-0.05, 0) is 25.5 Å². The van der Waals surface area contributed by atoms with E-state index in [0.717, 1.165) is 5.56 Å². The highest BCUT2D eigenvalue weighted by atomic mass is 16.6. The molecule has 3 N–H and O–H groups in total. The van der Waals surface area contributed by atoms with E-state index in [1.54, 1.807) is 13.0 Å². The molecular weight excluding hydrogens is 182 g/mol. The molecule has 0 fully saturated rings. The van der Waals surface area contributed by atoms with E-state index in [2.05, 4.69) is 10.3 Å². The van der Waals surface area contributed by atoms with Gasteiger partial charge in [-0.25, -0.2) is 9.78 Å². The Morgan fingerprint density at radius 2 is 2.21 bits per heavy atom. The molecule has 0 radical (unpaired) electrons. The summed E-state index contributed by atoms with van der Waals surface area (Å²) in [6.45, 7) is 3.55. The Morgan fingerprint density at radius 3 is 2.71 bits per heavy atom. The minimum Gasteiger partial charge on any atom is -0.408 e. The SMILES string of the molecule is CNC(=O)Oc1c(C)cc(N)nc1C. The number of nitrogens with zero attached hydrogens (tertiary/aromatic N) is 1. The molecule has 5 nitrogen and oxygen atoms in total. The third-order valence-corrected chi connectivity index (χ3v) is 1.75. The van der Waals surface area contributed by atoms with Crippen LogP contribution >= 0.6 is 0 Å². The summed E-state index contributed by atoms with van der Waals surface area (Å²) in [5.41, 5.74) is 6.92. The fraction of sp³-hybridized carbons (Fsp3) is 0.333. The normalized spacial score (nSPS) is 9.64. The van der Waals surface area contributed by atoms with Crippen LogP contribution in [-0.4, -0.2) is 18.1 Å². The zero-order valence-corrected chi connectivity index (χ0v) is 8.42. The molecule has 0 saturated carbocycles. The first kappa shape index (κ1) is 10.3. The van der Waals surface area contributed by atoms with Crippen molar-refractivity contribution in [3.63, 3.8) is 0 Å². The fourth-order valence-corrected chi connectivity index (χ4v) is 1.15. The molecule has 1 heterocycles. The maximum absolute atomic E-state index is 11.0. The molecule has 1 aromatic rings. The minimum atomic E-state index is -0.511. The number of aromatic nitrogens is 1. The number of carbonyl (C=O) groups is 1. The van der Waals surface area contributed by atoms with Crippen molar-refractivity contribution >= 4 is 11.9 Å². The standard InChI is InChI=1S/C9H13N3O2/c1-5-4-7(10)12-6(2)8(5)14-9(13)11-3/h4H,1-3H3,(H2,10,12)(H,11,13). The van der Waals surface area contributed by atoms with Crippen LogP contribution in [0.4, 0.5) is 10.6 Å². The summed E-state index contributed by atoms with van der Waals surface area (Å²) in [6.07, 6.45) is -0.511. The number of anilines is 1. The topological polar surface area (TPSA) is 77.2 Å². The van der Waals surface area contributed by atoms with Crippen molar-refractivity contribution in [2.24, 2.45) is 0 Å². The lowest BCUT2D eigenvalue weighted by Gasteiger charge is -2.09. The van der Waals surface area contributed by atoms with Gasteiger partial charge in [-0.2, -0.15) is 0 Å². The lowest BCUT2D eigenvalue weighted by molar-refractivity contribution is 0.202. The maximum Gasteiger partial charge on any atom is 0.412 e. The average molecular weight is 195 g/mol. The minimum absolute atomic E-state index is 0.421. The molecule has 0 aliphatic heterocycles. The Hall–Kier alpha value is -1.78. The van der Waals surface area contributed by atoms with Gasteiger partial charge in [-0.1, -0.05) is 0 Å². The largest absolute Gasteiger partial charge is 0.412 e. The summed E-state index contributed by atoms with van der Waals surface area (Å²) in [4.78, 5) is 15.0. The number of carbonyl (C=O) groups excluding carboxylic acids is 1. The lowest BCUT2D eigenvalue weighted by Crippen LogP contribution is -2.23. The summed E-state index contributed by atoms with van der Waals surface area (Å²) in [7, 11) is 1.50. The van der Waals surface area contributed by atoms with E-state index >= 15 is 0 Å². The second kappa shape index (κ2) is 3.95. The molecule has 0 unspecified atom stereocenters. The van der Waals surface area contributed by atoms with Crippen molar-refractivity contribution in [2.45, 2.75) is 13.8 Å². The van der Waals surface area contributed by atoms with Gasteiger partial charge in [0.2, 0.25) is 0 Å². The molecule has 0 aliphatic rings. The first-order chi connectivity index (χ1) is 6.54. The van der Waals surface area contributed by atoms with Gasteiger partial charge in [0.05, 0.1) is 5.69 Å². The van der Waals surface area contributed by atoms with Crippen molar-refractivity contribution < 1.29 is 9.53 Å². The van der Waals surface area contributed by atoms with Gasteiger partial charge >= 0.3 is 6.09 Å². The first-order valence-corrected chi connectivity index (χ1v) is 4.18. The van der Waals surface area contributed by atoms with Crippen LogP contribution in [0.3, 0.4) is 0 Å². The summed E-state index contributed by atoms with van der Waals surface area (Å²) in [5.74, 6) is 0.878. The van der Waals surface area contributed by atoms with Gasteiger partial charge in [0.15, 0.2) is 5.75 Å². The smallest absolute Gasteiger partial charge is 0.408 e. The molecule has 0 aliphatic carbocycles. The molecule has 1 rings (SSSR count). The number of ether oxygens (including phenoxy) is 1. The average Bonchev–Trinajstić information content (AvgIpc) is 2.10. The summed E-state index contributed by atoms with van der Waals surface area (Å²) in [6, 6.07) is 1.66. The number of pyridine rings is 1. The van der Waals surface area contributed by atoms with Crippen LogP contribution in [-0.2, 0) is 0 Å². The Morgan fingerprint density at radius 1 is 1.57 bits per heavy atom. The highest BCUT2D eigenvalue weighted by molar-refractivity contribution is 5.71. The van der Waals surface area contributed by atoms with E-state index in [0.29, 0.717) is 17.3 Å². The third kappa shape index (κ3) is 2.12. The molecule has 76 valence electrons. The highest BCUT2D eigenvalue weighted by Gasteiger charge is 2.10. The first-order valence-electron chi connectivity index (χ1n) is 4.18. The molecule has 0 atom stereocenters. The number of amides is 1. The van der Waals surface area contributed by atoms with E-state index in [1.165, 1.54) is 7.05 Å². The monoisotopic (exact) mass is 195 g/mol. The van der Waals surface area contributed by atoms with Gasteiger partial charge in [-0.3, -0.25) is 0 Å². The van der Waals surface area contributed by atoms with Crippen LogP contribution in [0, 0.1) is 13.8 Å². The Kier molecular flexibility index (Phi) is 2.91. The molecule has 1 aromatic heterocycles. The molecule has 0 spiro atoms. The zero-order chi connectivity index (χ0) is 10.7. The van der Waals surface area contributed by atoms with Crippen molar-refractivity contribution in [3.8, 4) is 5.75 Å². The molecule has 0 saturated heterocycles. The van der Waals surface area contributed by atoms with Gasteiger partial charge in [0, 0.05) is 7.05 Å². The van der Waals surface area contributed by atoms with Crippen LogP contribution < -0.4 is 15.8 Å². The number of nitrogens with one attached hydrogen (secondary N) is 1. The van der Waals surface area contributed by atoms with E-state index in [4.69, 9.17) is 10.5 Å². The molecule has 5 heteroatoms. The van der Waals surface area contributed by atoms with Crippen LogP contribution in [0.2, 0.25) is 0 Å². The number of nitrogens with two attached hydrogens (primary N) is 1. The summed E-state index contributed by atoms with van der Waals surface area (Å²) < 4.78 is 5.01. The van der Waals surface area contributed by atoms with Crippen molar-refractivity contribution in [3.05, 3.63) is 17.3 Å². The number of hydrogen-bond acceptors (Lipinski definition) is 4. The fourth-order valence-electron chi connectivity index (χ4n) is 1.15. The van der Waals surface area contributed by atoms with E-state index < -0.39 is 6.09 Å². The maximum atomic E-state index is 11.0. The van der Waals surface area contributed by atoms with E-state index in [1.807, 2.05) is 6.92 Å². The van der Waals surface area contributed by atoms with Crippen LogP contribution in [0.5, 0.6) is 5.75 Å². The Labute approximate surface area is 82.3 Å². The van der Waals surface area contributed by atoms with Gasteiger partial charge in [0.1, 0.15) is 5.82 Å². The van der Waals surface area contributed by atoms with Crippen LogP contribution in [0.15, 0.2) is 6.07 Å². The molecular formula is C9H13N3O2. The van der Waals surface area contributed by atoms with Gasteiger partial charge in [-0.15, -0.1) is 0 Å². The Bertz CT molecular complexity index is 340. The highest BCUT2D eigenvalue weighted by Crippen LogP contribution is 2.22. The van der Waals surface area contributed by atoms with E-state index in [-0.39, 0.29) is 0 Å². The van der Waals surface area contributed by atoms with Gasteiger partial charge in [0.25, 0.3) is 0 Å². The molecule has 0 bridgehead atoms. The predicted molar refractivity (Wildman–Crippen MR) is 53.2 cm³/mol. The van der Waals surface area contributed by atoms with Crippen molar-refractivity contribution in [1.29, 1.82) is 0 Å². The number of nitrogen functional groups attached to an aromatic ring is 1. The Balaban J connectivity index is 3.02. The third-order valence-electron chi connectivity index (χ3n) is 1.75. The summed E-state index contributed by atoms with van der Waals surface area (Å²) in [5, 5.41) is 2.36. The number of rotatable bonds is 1. The number of hydrogen-bond donors (Lipinski definition) is 2. The second-order valence-electron chi connectivity index (χ2n) is 2.92. The number of aryl methyl sites for hydroxylation is 2. The quantitative estimate of drug-likeness (QED) is 0.700. The van der Waals surface area contributed by atoms with Crippen LogP contribution in [0.25, 0.3) is 0 Å². The van der Waals surface area contributed by atoms with Gasteiger partial charge < -0.3 is 15.8 Å². The molecule has 1 amide bonds. The summed E-state index contributed by atoms with van der Waals surface area (Å²) >= 11 is 0. The van der Waals surface area contributed by atoms with Crippen molar-refractivity contribution in [1.82, 2.24) is 10.3 Å². The van der Waals surface area contributed by atoms with E-state index in [9.17, 15) is 4.79 Å². The molecule has 0 aromatic carbocycles. The van der Waals surface area contributed by atoms with Crippen molar-refractivity contribution in [2.75, 3.05) is 12.8 Å². The lowest BCUT2D eigenvalue weighted by atomic mass is 10.2. The van der Waals surface area contributed by atoms with Crippen LogP contribution in [0.1, 0.15) is 11.3 Å². The zero-order valence-electron chi connectivity index (χ0n) is 8.42. The second-order valence-corrected chi connectivity index (χ2v) is 2.92. The predicted octanol–water partition coefficient (Wildman–Crippen LogP) is 0.999. The molecule has 14 heavy (non-hydrogen) atoms.